The predicted octanol–water partition coefficient (Wildman–Crippen LogP) is 2.08. The van der Waals surface area contributed by atoms with E-state index in [2.05, 4.69) is 23.1 Å². The summed E-state index contributed by atoms with van der Waals surface area (Å²) in [4.78, 5) is 2.31. The van der Waals surface area contributed by atoms with Crippen molar-refractivity contribution < 1.29 is 5.11 Å². The minimum absolute atomic E-state index is 0.250. The Hall–Kier alpha value is -1.65. The van der Waals surface area contributed by atoms with Crippen molar-refractivity contribution in [1.82, 2.24) is 14.7 Å². The molecule has 2 rings (SSSR count). The number of hydrogen-bond acceptors (Lipinski definition) is 3. The Morgan fingerprint density at radius 3 is 2.74 bits per heavy atom. The van der Waals surface area contributed by atoms with Gasteiger partial charge >= 0.3 is 0 Å². The first-order valence-electron chi connectivity index (χ1n) is 6.75. The maximum Gasteiger partial charge on any atom is 0.0645 e. The van der Waals surface area contributed by atoms with Crippen molar-refractivity contribution in [2.24, 2.45) is 0 Å². The number of para-hydroxylation sites is 1. The summed E-state index contributed by atoms with van der Waals surface area (Å²) in [6, 6.07) is 10.1. The van der Waals surface area contributed by atoms with Gasteiger partial charge in [-0.1, -0.05) is 25.1 Å². The molecule has 0 aliphatic heterocycles. The van der Waals surface area contributed by atoms with Crippen molar-refractivity contribution in [1.29, 1.82) is 0 Å². The fourth-order valence-electron chi connectivity index (χ4n) is 2.07. The lowest BCUT2D eigenvalue weighted by Crippen LogP contribution is -2.24. The Labute approximate surface area is 114 Å². The Kier molecular flexibility index (Phi) is 5.12. The van der Waals surface area contributed by atoms with Crippen molar-refractivity contribution in [3.8, 4) is 5.69 Å². The van der Waals surface area contributed by atoms with Crippen LogP contribution in [0.5, 0.6) is 0 Å². The van der Waals surface area contributed by atoms with E-state index in [-0.39, 0.29) is 6.61 Å². The molecule has 4 heteroatoms. The normalized spacial score (nSPS) is 11.1. The van der Waals surface area contributed by atoms with Gasteiger partial charge in [-0.25, -0.2) is 4.68 Å². The van der Waals surface area contributed by atoms with Gasteiger partial charge in [0.2, 0.25) is 0 Å². The Morgan fingerprint density at radius 2 is 2.05 bits per heavy atom. The number of aliphatic hydroxyl groups is 1. The first-order chi connectivity index (χ1) is 9.33. The van der Waals surface area contributed by atoms with Gasteiger partial charge in [0.25, 0.3) is 0 Å². The molecule has 0 unspecified atom stereocenters. The third-order valence-corrected chi connectivity index (χ3v) is 3.14. The lowest BCUT2D eigenvalue weighted by atomic mass is 10.3. The number of rotatable bonds is 7. The molecule has 0 atom stereocenters. The van der Waals surface area contributed by atoms with Crippen molar-refractivity contribution in [2.75, 3.05) is 19.7 Å². The van der Waals surface area contributed by atoms with E-state index in [1.54, 1.807) is 0 Å². The molecule has 0 spiro atoms. The second-order valence-corrected chi connectivity index (χ2v) is 4.57. The summed E-state index contributed by atoms with van der Waals surface area (Å²) in [5, 5.41) is 13.3. The van der Waals surface area contributed by atoms with Crippen LogP contribution in [0.3, 0.4) is 0 Å². The predicted molar refractivity (Wildman–Crippen MR) is 76.2 cm³/mol. The molecular weight excluding hydrogens is 238 g/mol. The second-order valence-electron chi connectivity index (χ2n) is 4.57. The molecule has 0 aliphatic rings. The quantitative estimate of drug-likeness (QED) is 0.827. The minimum Gasteiger partial charge on any atom is -0.396 e. The van der Waals surface area contributed by atoms with Crippen LogP contribution in [0, 0.1) is 0 Å². The number of benzene rings is 1. The van der Waals surface area contributed by atoms with E-state index in [0.29, 0.717) is 0 Å². The van der Waals surface area contributed by atoms with E-state index in [9.17, 15) is 0 Å². The third kappa shape index (κ3) is 3.91. The molecular formula is C15H21N3O. The van der Waals surface area contributed by atoms with Crippen LogP contribution >= 0.6 is 0 Å². The second kappa shape index (κ2) is 7.07. The van der Waals surface area contributed by atoms with Crippen LogP contribution in [0.1, 0.15) is 18.9 Å². The number of nitrogens with zero attached hydrogens (tertiary/aromatic N) is 3. The van der Waals surface area contributed by atoms with Gasteiger partial charge in [0.1, 0.15) is 0 Å². The molecule has 0 saturated heterocycles. The monoisotopic (exact) mass is 259 g/mol. The highest BCUT2D eigenvalue weighted by molar-refractivity contribution is 5.30. The molecule has 0 amide bonds. The zero-order chi connectivity index (χ0) is 13.5. The number of aliphatic hydroxyl groups excluding tert-OH is 1. The molecule has 0 bridgehead atoms. The number of hydrogen-bond donors (Lipinski definition) is 1. The smallest absolute Gasteiger partial charge is 0.0645 e. The van der Waals surface area contributed by atoms with E-state index in [0.717, 1.165) is 31.7 Å². The number of aromatic nitrogens is 2. The zero-order valence-corrected chi connectivity index (χ0v) is 11.4. The van der Waals surface area contributed by atoms with Crippen molar-refractivity contribution in [3.05, 3.63) is 48.3 Å². The molecule has 102 valence electrons. The third-order valence-electron chi connectivity index (χ3n) is 3.14. The van der Waals surface area contributed by atoms with E-state index >= 15 is 0 Å². The molecule has 0 saturated carbocycles. The average Bonchev–Trinajstić information content (AvgIpc) is 2.93. The van der Waals surface area contributed by atoms with Gasteiger partial charge in [-0.2, -0.15) is 5.10 Å². The van der Waals surface area contributed by atoms with Crippen LogP contribution in [-0.4, -0.2) is 39.5 Å². The summed E-state index contributed by atoms with van der Waals surface area (Å²) in [6.07, 6.45) is 4.80. The zero-order valence-electron chi connectivity index (χ0n) is 11.4. The van der Waals surface area contributed by atoms with Gasteiger partial charge in [0.05, 0.1) is 11.9 Å². The maximum atomic E-state index is 8.89. The van der Waals surface area contributed by atoms with Crippen LogP contribution in [0.15, 0.2) is 42.7 Å². The van der Waals surface area contributed by atoms with E-state index in [4.69, 9.17) is 5.11 Å². The fourth-order valence-corrected chi connectivity index (χ4v) is 2.07. The molecule has 1 aromatic heterocycles. The topological polar surface area (TPSA) is 41.3 Å². The van der Waals surface area contributed by atoms with Crippen LogP contribution in [0.4, 0.5) is 0 Å². The average molecular weight is 259 g/mol. The molecule has 1 aromatic carbocycles. The van der Waals surface area contributed by atoms with Crippen LogP contribution < -0.4 is 0 Å². The van der Waals surface area contributed by atoms with Gasteiger partial charge < -0.3 is 5.11 Å². The Balaban J connectivity index is 2.01. The van der Waals surface area contributed by atoms with Gasteiger partial charge in [0.15, 0.2) is 0 Å². The molecule has 0 radical (unpaired) electrons. The lowest BCUT2D eigenvalue weighted by Gasteiger charge is -2.18. The van der Waals surface area contributed by atoms with Crippen LogP contribution in [-0.2, 0) is 6.54 Å². The Morgan fingerprint density at radius 1 is 1.26 bits per heavy atom. The maximum absolute atomic E-state index is 8.89. The lowest BCUT2D eigenvalue weighted by molar-refractivity contribution is 0.225. The summed E-state index contributed by atoms with van der Waals surface area (Å²) >= 11 is 0. The van der Waals surface area contributed by atoms with Crippen molar-refractivity contribution >= 4 is 0 Å². The summed E-state index contributed by atoms with van der Waals surface area (Å²) in [6.45, 7) is 5.17. The Bertz CT molecular complexity index is 481. The summed E-state index contributed by atoms with van der Waals surface area (Å²) in [7, 11) is 0. The highest BCUT2D eigenvalue weighted by atomic mass is 16.3. The van der Waals surface area contributed by atoms with Crippen LogP contribution in [0.2, 0.25) is 0 Å². The first kappa shape index (κ1) is 13.8. The minimum atomic E-state index is 0.250. The van der Waals surface area contributed by atoms with Crippen molar-refractivity contribution in [2.45, 2.75) is 19.9 Å². The standard InChI is InChI=1S/C15H21N3O/c1-2-17(9-6-10-19)12-14-11-16-18(13-14)15-7-4-3-5-8-15/h3-5,7-8,11,13,19H,2,6,9-10,12H2,1H3. The molecule has 0 fully saturated rings. The fraction of sp³-hybridized carbons (Fsp3) is 0.400. The largest absolute Gasteiger partial charge is 0.396 e. The SMILES string of the molecule is CCN(CCCO)Cc1cnn(-c2ccccc2)c1. The molecule has 2 aromatic rings. The van der Waals surface area contributed by atoms with Crippen molar-refractivity contribution in [3.63, 3.8) is 0 Å². The van der Waals surface area contributed by atoms with Gasteiger partial charge in [-0.15, -0.1) is 0 Å². The highest BCUT2D eigenvalue weighted by Crippen LogP contribution is 2.09. The van der Waals surface area contributed by atoms with Gasteiger partial charge in [-0.05, 0) is 25.1 Å². The van der Waals surface area contributed by atoms with E-state index in [1.807, 2.05) is 41.2 Å². The molecule has 1 heterocycles. The van der Waals surface area contributed by atoms with Crippen LogP contribution in [0.25, 0.3) is 5.69 Å². The molecule has 1 N–H and O–H groups in total. The van der Waals surface area contributed by atoms with Gasteiger partial charge in [-0.3, -0.25) is 4.90 Å². The summed E-state index contributed by atoms with van der Waals surface area (Å²) < 4.78 is 1.90. The molecule has 19 heavy (non-hydrogen) atoms. The van der Waals surface area contributed by atoms with E-state index in [1.165, 1.54) is 5.56 Å². The molecule has 4 nitrogen and oxygen atoms in total. The van der Waals surface area contributed by atoms with Gasteiger partial charge in [0, 0.05) is 31.5 Å². The highest BCUT2D eigenvalue weighted by Gasteiger charge is 2.06. The van der Waals surface area contributed by atoms with E-state index < -0.39 is 0 Å². The molecule has 0 aliphatic carbocycles. The summed E-state index contributed by atoms with van der Waals surface area (Å²) in [5.74, 6) is 0. The summed E-state index contributed by atoms with van der Waals surface area (Å²) in [5.41, 5.74) is 2.27. The first-order valence-corrected chi connectivity index (χ1v) is 6.75.